The number of piperidine rings is 1. The molecule has 0 aliphatic carbocycles. The number of likely N-dealkylation sites (tertiary alicyclic amines) is 1. The third kappa shape index (κ3) is 3.35. The first-order valence-corrected chi connectivity index (χ1v) is 9.04. The van der Waals surface area contributed by atoms with Crippen LogP contribution in [0.4, 0.5) is 0 Å². The molecular weight excluding hydrogens is 332 g/mol. The lowest BCUT2D eigenvalue weighted by molar-refractivity contribution is -0.135. The maximum Gasteiger partial charge on any atom is 0.292 e. The van der Waals surface area contributed by atoms with E-state index >= 15 is 0 Å². The summed E-state index contributed by atoms with van der Waals surface area (Å²) >= 11 is 0. The van der Waals surface area contributed by atoms with E-state index in [1.54, 1.807) is 11.0 Å². The second-order valence-electron chi connectivity index (χ2n) is 6.75. The Labute approximate surface area is 151 Å². The van der Waals surface area contributed by atoms with Gasteiger partial charge < -0.3 is 19.6 Å². The third-order valence-corrected chi connectivity index (χ3v) is 5.04. The molecule has 26 heavy (non-hydrogen) atoms. The average molecular weight is 354 g/mol. The fraction of sp³-hybridized carbons (Fsp3) is 0.421. The molecule has 0 bridgehead atoms. The van der Waals surface area contributed by atoms with Crippen molar-refractivity contribution < 1.29 is 14.1 Å². The number of carbonyl (C=O) groups is 2. The number of hydrogen-bond donors (Lipinski definition) is 1. The molecule has 2 saturated heterocycles. The number of aromatic nitrogens is 1. The van der Waals surface area contributed by atoms with E-state index in [0.717, 1.165) is 24.9 Å². The molecule has 0 radical (unpaired) electrons. The monoisotopic (exact) mass is 354 g/mol. The minimum absolute atomic E-state index is 0.0822. The van der Waals surface area contributed by atoms with Crippen LogP contribution in [-0.4, -0.2) is 65.5 Å². The van der Waals surface area contributed by atoms with E-state index in [1.807, 2.05) is 35.2 Å². The van der Waals surface area contributed by atoms with E-state index in [0.29, 0.717) is 31.9 Å². The highest BCUT2D eigenvalue weighted by molar-refractivity contribution is 5.92. The molecule has 2 fully saturated rings. The molecule has 7 heteroatoms. The van der Waals surface area contributed by atoms with Gasteiger partial charge in [-0.05, 0) is 12.8 Å². The molecule has 2 amide bonds. The van der Waals surface area contributed by atoms with Crippen LogP contribution in [0.1, 0.15) is 23.4 Å². The minimum Gasteiger partial charge on any atom is -0.350 e. The van der Waals surface area contributed by atoms with Gasteiger partial charge in [-0.15, -0.1) is 0 Å². The van der Waals surface area contributed by atoms with Crippen molar-refractivity contribution >= 4 is 11.8 Å². The third-order valence-electron chi connectivity index (χ3n) is 5.04. The van der Waals surface area contributed by atoms with E-state index in [-0.39, 0.29) is 23.6 Å². The molecule has 1 unspecified atom stereocenters. The molecule has 2 aliphatic heterocycles. The van der Waals surface area contributed by atoms with Crippen LogP contribution in [0.25, 0.3) is 11.3 Å². The number of hydrogen-bond acceptors (Lipinski definition) is 5. The van der Waals surface area contributed by atoms with Crippen molar-refractivity contribution in [3.05, 3.63) is 42.2 Å². The Bertz CT molecular complexity index is 789. The first-order chi connectivity index (χ1) is 12.7. The van der Waals surface area contributed by atoms with E-state index in [2.05, 4.69) is 10.5 Å². The predicted molar refractivity (Wildman–Crippen MR) is 95.4 cm³/mol. The van der Waals surface area contributed by atoms with Gasteiger partial charge >= 0.3 is 0 Å². The molecule has 2 aliphatic rings. The first kappa shape index (κ1) is 16.8. The van der Waals surface area contributed by atoms with Crippen molar-refractivity contribution in [2.75, 3.05) is 32.7 Å². The second kappa shape index (κ2) is 7.29. The lowest BCUT2D eigenvalue weighted by Crippen LogP contribution is -2.57. The van der Waals surface area contributed by atoms with Gasteiger partial charge in [-0.25, -0.2) is 0 Å². The fourth-order valence-corrected chi connectivity index (χ4v) is 3.68. The number of piperazine rings is 1. The van der Waals surface area contributed by atoms with Gasteiger partial charge in [-0.2, -0.15) is 0 Å². The smallest absolute Gasteiger partial charge is 0.292 e. The molecule has 1 aromatic carbocycles. The Morgan fingerprint density at radius 1 is 1.23 bits per heavy atom. The molecule has 1 N–H and O–H groups in total. The standard InChI is InChI=1S/C19H22N4O3/c24-18-12-20-8-10-23(18)15-7-4-9-22(13-15)19(25)17-11-16(21-26-17)14-5-2-1-3-6-14/h1-3,5-6,11,15,20H,4,7-10,12-13H2. The Hall–Kier alpha value is -2.67. The Morgan fingerprint density at radius 3 is 2.88 bits per heavy atom. The zero-order valence-electron chi connectivity index (χ0n) is 14.6. The number of amides is 2. The summed E-state index contributed by atoms with van der Waals surface area (Å²) in [4.78, 5) is 28.6. The van der Waals surface area contributed by atoms with Gasteiger partial charge in [-0.3, -0.25) is 9.59 Å². The van der Waals surface area contributed by atoms with Crippen LogP contribution in [0.5, 0.6) is 0 Å². The van der Waals surface area contributed by atoms with Gasteiger partial charge in [0.05, 0.1) is 6.54 Å². The number of carbonyl (C=O) groups excluding carboxylic acids is 2. The van der Waals surface area contributed by atoms with Crippen LogP contribution < -0.4 is 5.32 Å². The van der Waals surface area contributed by atoms with Crippen LogP contribution in [-0.2, 0) is 4.79 Å². The lowest BCUT2D eigenvalue weighted by atomic mass is 10.0. The van der Waals surface area contributed by atoms with Crippen molar-refractivity contribution in [1.29, 1.82) is 0 Å². The van der Waals surface area contributed by atoms with Gasteiger partial charge in [-0.1, -0.05) is 35.5 Å². The molecule has 0 saturated carbocycles. The van der Waals surface area contributed by atoms with Gasteiger partial charge in [0, 0.05) is 43.9 Å². The predicted octanol–water partition coefficient (Wildman–Crippen LogP) is 1.38. The highest BCUT2D eigenvalue weighted by Crippen LogP contribution is 2.22. The topological polar surface area (TPSA) is 78.7 Å². The lowest BCUT2D eigenvalue weighted by Gasteiger charge is -2.40. The molecule has 2 aromatic rings. The SMILES string of the molecule is O=C(c1cc(-c2ccccc2)no1)N1CCCC(N2CCNCC2=O)C1. The number of rotatable bonds is 3. The Kier molecular flexibility index (Phi) is 4.71. The van der Waals surface area contributed by atoms with Gasteiger partial charge in [0.15, 0.2) is 0 Å². The van der Waals surface area contributed by atoms with E-state index in [4.69, 9.17) is 4.52 Å². The average Bonchev–Trinajstić information content (AvgIpc) is 3.19. The summed E-state index contributed by atoms with van der Waals surface area (Å²) in [6.07, 6.45) is 1.81. The van der Waals surface area contributed by atoms with Crippen LogP contribution >= 0.6 is 0 Å². The number of nitrogens with zero attached hydrogens (tertiary/aromatic N) is 3. The molecule has 136 valence electrons. The van der Waals surface area contributed by atoms with E-state index in [1.165, 1.54) is 0 Å². The normalized spacial score (nSPS) is 21.1. The number of nitrogens with one attached hydrogen (secondary N) is 1. The molecule has 3 heterocycles. The number of benzene rings is 1. The van der Waals surface area contributed by atoms with Crippen LogP contribution in [0.3, 0.4) is 0 Å². The van der Waals surface area contributed by atoms with Crippen molar-refractivity contribution in [3.63, 3.8) is 0 Å². The summed E-state index contributed by atoms with van der Waals surface area (Å²) in [6, 6.07) is 11.4. The molecule has 1 aromatic heterocycles. The minimum atomic E-state index is -0.160. The quantitative estimate of drug-likeness (QED) is 0.901. The van der Waals surface area contributed by atoms with E-state index in [9.17, 15) is 9.59 Å². The highest BCUT2D eigenvalue weighted by atomic mass is 16.5. The van der Waals surface area contributed by atoms with Gasteiger partial charge in [0.2, 0.25) is 11.7 Å². The van der Waals surface area contributed by atoms with Crippen LogP contribution in [0.2, 0.25) is 0 Å². The molecule has 4 rings (SSSR count). The summed E-state index contributed by atoms with van der Waals surface area (Å²) in [7, 11) is 0. The van der Waals surface area contributed by atoms with Crippen molar-refractivity contribution in [3.8, 4) is 11.3 Å². The summed E-state index contributed by atoms with van der Waals surface area (Å²) in [6.45, 7) is 3.11. The van der Waals surface area contributed by atoms with Crippen LogP contribution in [0.15, 0.2) is 40.9 Å². The highest BCUT2D eigenvalue weighted by Gasteiger charge is 2.33. The molecular formula is C19H22N4O3. The largest absolute Gasteiger partial charge is 0.350 e. The van der Waals surface area contributed by atoms with Crippen molar-refractivity contribution in [1.82, 2.24) is 20.3 Å². The molecule has 1 atom stereocenters. The summed E-state index contributed by atoms with van der Waals surface area (Å²) in [5, 5.41) is 7.11. The first-order valence-electron chi connectivity index (χ1n) is 9.04. The zero-order chi connectivity index (χ0) is 17.9. The van der Waals surface area contributed by atoms with Gasteiger partial charge in [0.1, 0.15) is 5.69 Å². The zero-order valence-corrected chi connectivity index (χ0v) is 14.6. The molecule has 0 spiro atoms. The van der Waals surface area contributed by atoms with Gasteiger partial charge in [0.25, 0.3) is 5.91 Å². The second-order valence-corrected chi connectivity index (χ2v) is 6.75. The fourth-order valence-electron chi connectivity index (χ4n) is 3.68. The summed E-state index contributed by atoms with van der Waals surface area (Å²) in [5.41, 5.74) is 1.57. The summed E-state index contributed by atoms with van der Waals surface area (Å²) in [5.74, 6) is 0.199. The summed E-state index contributed by atoms with van der Waals surface area (Å²) < 4.78 is 5.30. The maximum atomic E-state index is 12.8. The van der Waals surface area contributed by atoms with Crippen molar-refractivity contribution in [2.45, 2.75) is 18.9 Å². The Balaban J connectivity index is 1.46. The Morgan fingerprint density at radius 2 is 2.08 bits per heavy atom. The van der Waals surface area contributed by atoms with Crippen LogP contribution in [0, 0.1) is 0 Å². The maximum absolute atomic E-state index is 12.8. The molecule has 7 nitrogen and oxygen atoms in total. The van der Waals surface area contributed by atoms with E-state index < -0.39 is 0 Å². The van der Waals surface area contributed by atoms with Crippen molar-refractivity contribution in [2.24, 2.45) is 0 Å².